The third-order valence-corrected chi connectivity index (χ3v) is 3.36. The first-order valence-corrected chi connectivity index (χ1v) is 5.24. The Morgan fingerprint density at radius 1 is 1.67 bits per heavy atom. The fourth-order valence-electron chi connectivity index (χ4n) is 1.11. The molecule has 3 heteroatoms. The van der Waals surface area contributed by atoms with E-state index in [1.807, 2.05) is 6.92 Å². The summed E-state index contributed by atoms with van der Waals surface area (Å²) >= 11 is 1.64. The zero-order chi connectivity index (χ0) is 9.14. The molecule has 1 aliphatic heterocycles. The minimum Gasteiger partial charge on any atom is -0.328 e. The van der Waals surface area contributed by atoms with E-state index >= 15 is 0 Å². The summed E-state index contributed by atoms with van der Waals surface area (Å²) in [6, 6.07) is 0. The quantitative estimate of drug-likeness (QED) is 0.714. The van der Waals surface area contributed by atoms with Crippen molar-refractivity contribution in [3.63, 3.8) is 0 Å². The maximum atomic E-state index is 11.4. The highest BCUT2D eigenvalue weighted by molar-refractivity contribution is 8.03. The van der Waals surface area contributed by atoms with Crippen molar-refractivity contribution in [3.05, 3.63) is 11.1 Å². The lowest BCUT2D eigenvalue weighted by atomic mass is 10.1. The first kappa shape index (κ1) is 9.65. The SMILES string of the molecule is CCC1=CS[C@@H](C(C)C)C(=O)N1. The molecule has 1 amide bonds. The molecule has 0 fully saturated rings. The average Bonchev–Trinajstić information content (AvgIpc) is 2.03. The third-order valence-electron chi connectivity index (χ3n) is 1.89. The summed E-state index contributed by atoms with van der Waals surface area (Å²) in [5.74, 6) is 0.569. The van der Waals surface area contributed by atoms with Gasteiger partial charge in [0, 0.05) is 5.70 Å². The molecule has 0 spiro atoms. The predicted octanol–water partition coefficient (Wildman–Crippen LogP) is 2.13. The van der Waals surface area contributed by atoms with Crippen LogP contribution in [0.2, 0.25) is 0 Å². The molecule has 0 aromatic heterocycles. The van der Waals surface area contributed by atoms with Crippen molar-refractivity contribution >= 4 is 17.7 Å². The smallest absolute Gasteiger partial charge is 0.237 e. The van der Waals surface area contributed by atoms with Crippen LogP contribution in [0, 0.1) is 5.92 Å². The lowest BCUT2D eigenvalue weighted by molar-refractivity contribution is -0.120. The van der Waals surface area contributed by atoms with Gasteiger partial charge in [0.05, 0.1) is 5.25 Å². The van der Waals surface area contributed by atoms with E-state index in [1.54, 1.807) is 11.8 Å². The number of carbonyl (C=O) groups is 1. The summed E-state index contributed by atoms with van der Waals surface area (Å²) < 4.78 is 0. The van der Waals surface area contributed by atoms with Crippen LogP contribution >= 0.6 is 11.8 Å². The molecule has 0 bridgehead atoms. The van der Waals surface area contributed by atoms with E-state index in [4.69, 9.17) is 0 Å². The summed E-state index contributed by atoms with van der Waals surface area (Å²) in [5, 5.41) is 5.06. The van der Waals surface area contributed by atoms with Gasteiger partial charge in [0.25, 0.3) is 0 Å². The van der Waals surface area contributed by atoms with Crippen LogP contribution < -0.4 is 5.32 Å². The number of nitrogens with one attached hydrogen (secondary N) is 1. The number of amides is 1. The Kier molecular flexibility index (Phi) is 3.20. The van der Waals surface area contributed by atoms with Crippen LogP contribution in [0.25, 0.3) is 0 Å². The molecule has 0 saturated heterocycles. The summed E-state index contributed by atoms with van der Waals surface area (Å²) in [4.78, 5) is 11.4. The van der Waals surface area contributed by atoms with Gasteiger partial charge in [-0.2, -0.15) is 0 Å². The summed E-state index contributed by atoms with van der Waals surface area (Å²) in [7, 11) is 0. The second-order valence-corrected chi connectivity index (χ2v) is 4.30. The standard InChI is InChI=1S/C9H15NOS/c1-4-7-5-12-8(6(2)3)9(11)10-7/h5-6,8H,4H2,1-3H3,(H,10,11)/t8-/m0/s1. The monoisotopic (exact) mass is 185 g/mol. The molecule has 0 unspecified atom stereocenters. The van der Waals surface area contributed by atoms with Gasteiger partial charge < -0.3 is 5.32 Å². The molecule has 2 nitrogen and oxygen atoms in total. The average molecular weight is 185 g/mol. The van der Waals surface area contributed by atoms with Gasteiger partial charge in [-0.3, -0.25) is 4.79 Å². The minimum atomic E-state index is 0.0975. The first-order chi connectivity index (χ1) is 5.65. The van der Waals surface area contributed by atoms with Crippen LogP contribution in [0.4, 0.5) is 0 Å². The molecule has 68 valence electrons. The van der Waals surface area contributed by atoms with Gasteiger partial charge >= 0.3 is 0 Å². The Morgan fingerprint density at radius 3 is 2.75 bits per heavy atom. The van der Waals surface area contributed by atoms with Gasteiger partial charge in [-0.1, -0.05) is 20.8 Å². The van der Waals surface area contributed by atoms with E-state index in [1.165, 1.54) is 0 Å². The molecule has 0 saturated carbocycles. The first-order valence-electron chi connectivity index (χ1n) is 4.30. The fraction of sp³-hybridized carbons (Fsp3) is 0.667. The molecule has 1 aliphatic rings. The third kappa shape index (κ3) is 2.03. The van der Waals surface area contributed by atoms with Crippen LogP contribution in [0.15, 0.2) is 11.1 Å². The number of rotatable bonds is 2. The molecule has 12 heavy (non-hydrogen) atoms. The zero-order valence-electron chi connectivity index (χ0n) is 7.76. The largest absolute Gasteiger partial charge is 0.328 e. The van der Waals surface area contributed by atoms with Gasteiger partial charge in [0.15, 0.2) is 0 Å². The molecule has 1 atom stereocenters. The lowest BCUT2D eigenvalue weighted by Crippen LogP contribution is -2.37. The van der Waals surface area contributed by atoms with E-state index in [0.717, 1.165) is 12.1 Å². The van der Waals surface area contributed by atoms with Crippen LogP contribution in [-0.2, 0) is 4.79 Å². The van der Waals surface area contributed by atoms with Crippen LogP contribution in [0.5, 0.6) is 0 Å². The number of allylic oxidation sites excluding steroid dienone is 1. The van der Waals surface area contributed by atoms with Crippen molar-refractivity contribution in [2.75, 3.05) is 0 Å². The van der Waals surface area contributed by atoms with E-state index in [-0.39, 0.29) is 11.2 Å². The van der Waals surface area contributed by atoms with Crippen molar-refractivity contribution in [3.8, 4) is 0 Å². The highest BCUT2D eigenvalue weighted by atomic mass is 32.2. The summed E-state index contributed by atoms with van der Waals surface area (Å²) in [6.45, 7) is 6.19. The molecule has 1 rings (SSSR count). The Bertz CT molecular complexity index is 211. The number of hydrogen-bond acceptors (Lipinski definition) is 2. The normalized spacial score (nSPS) is 23.8. The molecule has 1 N–H and O–H groups in total. The van der Waals surface area contributed by atoms with Gasteiger partial charge in [0.2, 0.25) is 5.91 Å². The molecular weight excluding hydrogens is 170 g/mol. The Hall–Kier alpha value is -0.440. The predicted molar refractivity (Wildman–Crippen MR) is 52.7 cm³/mol. The molecular formula is C9H15NOS. The van der Waals surface area contributed by atoms with Crippen molar-refractivity contribution in [2.45, 2.75) is 32.4 Å². The van der Waals surface area contributed by atoms with Gasteiger partial charge in [-0.05, 0) is 17.7 Å². The Balaban J connectivity index is 2.64. The molecule has 0 aromatic carbocycles. The lowest BCUT2D eigenvalue weighted by Gasteiger charge is -2.23. The van der Waals surface area contributed by atoms with Gasteiger partial charge in [-0.25, -0.2) is 0 Å². The maximum Gasteiger partial charge on any atom is 0.237 e. The number of thioether (sulfide) groups is 1. The zero-order valence-corrected chi connectivity index (χ0v) is 8.57. The van der Waals surface area contributed by atoms with E-state index in [9.17, 15) is 4.79 Å². The fourth-order valence-corrected chi connectivity index (χ4v) is 2.14. The van der Waals surface area contributed by atoms with Crippen molar-refractivity contribution < 1.29 is 4.79 Å². The van der Waals surface area contributed by atoms with Crippen molar-refractivity contribution in [1.82, 2.24) is 5.32 Å². The molecule has 1 heterocycles. The van der Waals surface area contributed by atoms with Gasteiger partial charge in [0.1, 0.15) is 0 Å². The van der Waals surface area contributed by atoms with Gasteiger partial charge in [-0.15, -0.1) is 11.8 Å². The maximum absolute atomic E-state index is 11.4. The highest BCUT2D eigenvalue weighted by Gasteiger charge is 2.25. The van der Waals surface area contributed by atoms with Crippen LogP contribution in [-0.4, -0.2) is 11.2 Å². The topological polar surface area (TPSA) is 29.1 Å². The second-order valence-electron chi connectivity index (χ2n) is 3.29. The summed E-state index contributed by atoms with van der Waals surface area (Å²) in [5.41, 5.74) is 1.04. The van der Waals surface area contributed by atoms with E-state index in [0.29, 0.717) is 5.92 Å². The van der Waals surface area contributed by atoms with Crippen LogP contribution in [0.1, 0.15) is 27.2 Å². The second kappa shape index (κ2) is 3.99. The van der Waals surface area contributed by atoms with Crippen molar-refractivity contribution in [2.24, 2.45) is 5.92 Å². The van der Waals surface area contributed by atoms with Crippen LogP contribution in [0.3, 0.4) is 0 Å². The van der Waals surface area contributed by atoms with E-state index < -0.39 is 0 Å². The number of hydrogen-bond donors (Lipinski definition) is 1. The van der Waals surface area contributed by atoms with E-state index in [2.05, 4.69) is 24.6 Å². The number of carbonyl (C=O) groups excluding carboxylic acids is 1. The molecule has 0 aromatic rings. The minimum absolute atomic E-state index is 0.0975. The summed E-state index contributed by atoms with van der Waals surface area (Å²) in [6.07, 6.45) is 0.906. The van der Waals surface area contributed by atoms with Crippen molar-refractivity contribution in [1.29, 1.82) is 0 Å². The molecule has 0 aliphatic carbocycles. The highest BCUT2D eigenvalue weighted by Crippen LogP contribution is 2.26. The Morgan fingerprint density at radius 2 is 2.33 bits per heavy atom. The molecule has 0 radical (unpaired) electrons. The Labute approximate surface area is 77.8 Å².